The molecule has 1 aliphatic rings. The van der Waals surface area contributed by atoms with E-state index in [1.807, 2.05) is 12.1 Å². The van der Waals surface area contributed by atoms with Crippen molar-refractivity contribution in [2.75, 3.05) is 13.7 Å². The fraction of sp³-hybridized carbons (Fsp3) is 0.273. The van der Waals surface area contributed by atoms with Gasteiger partial charge in [0, 0.05) is 13.1 Å². The predicted molar refractivity (Wildman–Crippen MR) is 109 cm³/mol. The van der Waals surface area contributed by atoms with Crippen LogP contribution in [0.25, 0.3) is 10.8 Å². The Bertz CT molecular complexity index is 861. The number of hydrogen-bond donors (Lipinski definition) is 1. The Morgan fingerprint density at radius 3 is 2.73 bits per heavy atom. The maximum absolute atomic E-state index is 6.19. The quantitative estimate of drug-likeness (QED) is 0.703. The number of rotatable bonds is 5. The summed E-state index contributed by atoms with van der Waals surface area (Å²) in [5.74, 6) is 1.74. The van der Waals surface area contributed by atoms with Gasteiger partial charge in [-0.15, -0.1) is 12.4 Å². The first kappa shape index (κ1) is 18.6. The zero-order chi connectivity index (χ0) is 17.1. The van der Waals surface area contributed by atoms with Crippen molar-refractivity contribution in [3.8, 4) is 11.5 Å². The van der Waals surface area contributed by atoms with Gasteiger partial charge in [-0.25, -0.2) is 0 Å². The van der Waals surface area contributed by atoms with Gasteiger partial charge in [-0.2, -0.15) is 0 Å². The van der Waals surface area contributed by atoms with Crippen LogP contribution in [-0.2, 0) is 13.0 Å². The number of para-hydroxylation sites is 1. The lowest BCUT2D eigenvalue weighted by molar-refractivity contribution is 0.163. The van der Waals surface area contributed by atoms with E-state index in [9.17, 15) is 0 Å². The maximum Gasteiger partial charge on any atom is 0.164 e. The van der Waals surface area contributed by atoms with Gasteiger partial charge >= 0.3 is 0 Å². The summed E-state index contributed by atoms with van der Waals surface area (Å²) < 4.78 is 11.6. The van der Waals surface area contributed by atoms with E-state index in [-0.39, 0.29) is 18.5 Å². The molecule has 1 aliphatic heterocycles. The van der Waals surface area contributed by atoms with Crippen molar-refractivity contribution in [2.24, 2.45) is 0 Å². The number of nitrogens with one attached hydrogen (secondary N) is 1. The van der Waals surface area contributed by atoms with Gasteiger partial charge in [-0.1, -0.05) is 54.6 Å². The molecule has 0 spiro atoms. The highest BCUT2D eigenvalue weighted by Crippen LogP contribution is 2.36. The largest absolute Gasteiger partial charge is 0.493 e. The molecule has 3 nitrogen and oxygen atoms in total. The van der Waals surface area contributed by atoms with Gasteiger partial charge in [0.2, 0.25) is 0 Å². The van der Waals surface area contributed by atoms with Gasteiger partial charge in [0.25, 0.3) is 0 Å². The average Bonchev–Trinajstić information content (AvgIpc) is 2.67. The number of ether oxygens (including phenoxy) is 2. The summed E-state index contributed by atoms with van der Waals surface area (Å²) in [6.07, 6.45) is 2.24. The van der Waals surface area contributed by atoms with Gasteiger partial charge in [0.1, 0.15) is 6.10 Å². The van der Waals surface area contributed by atoms with Crippen LogP contribution in [0.4, 0.5) is 0 Å². The summed E-state index contributed by atoms with van der Waals surface area (Å²) in [4.78, 5) is 0. The van der Waals surface area contributed by atoms with Gasteiger partial charge in [-0.05, 0) is 40.8 Å². The molecule has 0 fully saturated rings. The second-order valence-electron chi connectivity index (χ2n) is 6.50. The zero-order valence-electron chi connectivity index (χ0n) is 14.9. The number of halogens is 1. The number of fused-ring (bicyclic) bond motifs is 2. The van der Waals surface area contributed by atoms with Gasteiger partial charge < -0.3 is 14.8 Å². The Morgan fingerprint density at radius 2 is 1.85 bits per heavy atom. The molecule has 136 valence electrons. The van der Waals surface area contributed by atoms with Crippen LogP contribution in [0.15, 0.2) is 60.7 Å². The summed E-state index contributed by atoms with van der Waals surface area (Å²) in [5.41, 5.74) is 2.57. The van der Waals surface area contributed by atoms with Crippen molar-refractivity contribution in [2.45, 2.75) is 25.5 Å². The summed E-state index contributed by atoms with van der Waals surface area (Å²) in [6, 6.07) is 21.1. The van der Waals surface area contributed by atoms with Crippen LogP contribution in [0.3, 0.4) is 0 Å². The maximum atomic E-state index is 6.19. The summed E-state index contributed by atoms with van der Waals surface area (Å²) >= 11 is 0. The smallest absolute Gasteiger partial charge is 0.164 e. The minimum absolute atomic E-state index is 0. The first-order valence-electron chi connectivity index (χ1n) is 8.85. The number of methoxy groups -OCH3 is 1. The highest BCUT2D eigenvalue weighted by Gasteiger charge is 2.22. The molecule has 3 aromatic rings. The van der Waals surface area contributed by atoms with E-state index in [0.717, 1.165) is 37.4 Å². The Hall–Kier alpha value is -2.23. The number of benzene rings is 3. The minimum atomic E-state index is 0. The van der Waals surface area contributed by atoms with E-state index in [1.54, 1.807) is 7.11 Å². The van der Waals surface area contributed by atoms with Crippen molar-refractivity contribution >= 4 is 23.2 Å². The van der Waals surface area contributed by atoms with Crippen molar-refractivity contribution in [1.29, 1.82) is 0 Å². The molecule has 0 bridgehead atoms. The van der Waals surface area contributed by atoms with Gasteiger partial charge in [0.05, 0.1) is 7.11 Å². The lowest BCUT2D eigenvalue weighted by atomic mass is 10.0. The SMILES string of the molecule is COc1cccc2c1OC(CNCc1cccc3ccccc13)CC2.Cl. The molecule has 1 atom stereocenters. The van der Waals surface area contributed by atoms with Gasteiger partial charge in [-0.3, -0.25) is 0 Å². The van der Waals surface area contributed by atoms with Crippen molar-refractivity contribution in [3.05, 3.63) is 71.8 Å². The van der Waals surface area contributed by atoms with Crippen molar-refractivity contribution in [1.82, 2.24) is 5.32 Å². The molecule has 1 N–H and O–H groups in total. The molecule has 0 aromatic heterocycles. The Labute approximate surface area is 160 Å². The van der Waals surface area contributed by atoms with Gasteiger partial charge in [0.15, 0.2) is 11.5 Å². The fourth-order valence-electron chi connectivity index (χ4n) is 3.55. The number of aryl methyl sites for hydroxylation is 1. The third-order valence-corrected chi connectivity index (χ3v) is 4.87. The third-order valence-electron chi connectivity index (χ3n) is 4.87. The molecule has 1 heterocycles. The molecule has 0 radical (unpaired) electrons. The van der Waals surface area contributed by atoms with E-state index >= 15 is 0 Å². The molecule has 4 heteroatoms. The second-order valence-corrected chi connectivity index (χ2v) is 6.50. The van der Waals surface area contributed by atoms with Crippen molar-refractivity contribution in [3.63, 3.8) is 0 Å². The van der Waals surface area contributed by atoms with Crippen LogP contribution in [0, 0.1) is 0 Å². The summed E-state index contributed by atoms with van der Waals surface area (Å²) in [7, 11) is 1.70. The van der Waals surface area contributed by atoms with Crippen LogP contribution >= 0.6 is 12.4 Å². The monoisotopic (exact) mass is 369 g/mol. The van der Waals surface area contributed by atoms with Crippen LogP contribution in [-0.4, -0.2) is 19.8 Å². The lowest BCUT2D eigenvalue weighted by Crippen LogP contribution is -2.34. The van der Waals surface area contributed by atoms with E-state index in [2.05, 4.69) is 53.8 Å². The first-order chi connectivity index (χ1) is 12.3. The average molecular weight is 370 g/mol. The van der Waals surface area contributed by atoms with Crippen LogP contribution in [0.1, 0.15) is 17.5 Å². The van der Waals surface area contributed by atoms with Crippen LogP contribution < -0.4 is 14.8 Å². The lowest BCUT2D eigenvalue weighted by Gasteiger charge is -2.27. The normalized spacial score (nSPS) is 15.7. The summed E-state index contributed by atoms with van der Waals surface area (Å²) in [5, 5.41) is 6.17. The van der Waals surface area contributed by atoms with Crippen molar-refractivity contribution < 1.29 is 9.47 Å². The third kappa shape index (κ3) is 3.79. The molecule has 1 unspecified atom stereocenters. The molecular formula is C22H24ClNO2. The molecular weight excluding hydrogens is 346 g/mol. The fourth-order valence-corrected chi connectivity index (χ4v) is 3.55. The van der Waals surface area contributed by atoms with Crippen LogP contribution in [0.5, 0.6) is 11.5 Å². The molecule has 0 saturated carbocycles. The van der Waals surface area contributed by atoms with Crippen LogP contribution in [0.2, 0.25) is 0 Å². The topological polar surface area (TPSA) is 30.5 Å². The number of hydrogen-bond acceptors (Lipinski definition) is 3. The Morgan fingerprint density at radius 1 is 1.04 bits per heavy atom. The Balaban J connectivity index is 0.00000196. The molecule has 0 amide bonds. The highest BCUT2D eigenvalue weighted by molar-refractivity contribution is 5.85. The van der Waals surface area contributed by atoms with E-state index < -0.39 is 0 Å². The molecule has 26 heavy (non-hydrogen) atoms. The van der Waals surface area contributed by atoms with E-state index in [1.165, 1.54) is 21.9 Å². The first-order valence-corrected chi connectivity index (χ1v) is 8.85. The zero-order valence-corrected chi connectivity index (χ0v) is 15.7. The Kier molecular flexibility index (Phi) is 6.02. The highest BCUT2D eigenvalue weighted by atomic mass is 35.5. The standard InChI is InChI=1S/C22H23NO2.ClH/c1-24-21-11-5-8-17-12-13-19(25-22(17)21)15-23-14-18-9-4-7-16-6-2-3-10-20(16)18;/h2-11,19,23H,12-15H2,1H3;1H. The molecule has 4 rings (SSSR count). The van der Waals surface area contributed by atoms with E-state index in [4.69, 9.17) is 9.47 Å². The second kappa shape index (κ2) is 8.43. The molecule has 3 aromatic carbocycles. The summed E-state index contributed by atoms with van der Waals surface area (Å²) in [6.45, 7) is 1.68. The molecule has 0 aliphatic carbocycles. The molecule has 0 saturated heterocycles. The van der Waals surface area contributed by atoms with E-state index in [0.29, 0.717) is 0 Å². The minimum Gasteiger partial charge on any atom is -0.493 e. The predicted octanol–water partition coefficient (Wildman–Crippen LogP) is 4.75.